The summed E-state index contributed by atoms with van der Waals surface area (Å²) in [5.74, 6) is -0.451. The number of hydrogen-bond donors (Lipinski definition) is 0. The van der Waals surface area contributed by atoms with E-state index in [-0.39, 0.29) is 64.6 Å². The van der Waals surface area contributed by atoms with E-state index in [1.165, 1.54) is 0 Å². The van der Waals surface area contributed by atoms with E-state index in [0.717, 1.165) is 3.11 Å². The van der Waals surface area contributed by atoms with Crippen LogP contribution < -0.4 is 51.4 Å². The van der Waals surface area contributed by atoms with E-state index < -0.39 is 0 Å². The molecule has 0 bridgehead atoms. The van der Waals surface area contributed by atoms with E-state index in [0.29, 0.717) is 11.1 Å². The number of carbonyl (C=O) groups excluding carboxylic acids is 2. The average molecular weight is 313 g/mol. The monoisotopic (exact) mass is 313 g/mol. The zero-order valence-corrected chi connectivity index (χ0v) is 12.2. The minimum atomic E-state index is -0.226. The van der Waals surface area contributed by atoms with Gasteiger partial charge in [-0.05, 0) is 12.1 Å². The summed E-state index contributed by atoms with van der Waals surface area (Å²) in [4.78, 5) is 22.6. The third kappa shape index (κ3) is 1.90. The molecule has 1 aromatic rings. The number of rotatable bonds is 0. The van der Waals surface area contributed by atoms with E-state index in [2.05, 4.69) is 0 Å². The maximum Gasteiger partial charge on any atom is 1.00 e. The van der Waals surface area contributed by atoms with Gasteiger partial charge >= 0.3 is 51.4 Å². The van der Waals surface area contributed by atoms with Crippen molar-refractivity contribution < 1.29 is 62.4 Å². The van der Waals surface area contributed by atoms with Gasteiger partial charge in [0.1, 0.15) is 0 Å². The molecule has 1 aliphatic heterocycles. The third-order valence-corrected chi connectivity index (χ3v) is 2.62. The second-order valence-corrected chi connectivity index (χ2v) is 3.40. The van der Waals surface area contributed by atoms with Gasteiger partial charge in [-0.3, -0.25) is 9.59 Å². The Morgan fingerprint density at radius 3 is 1.85 bits per heavy atom. The molecule has 0 spiro atoms. The number of halogens is 1. The van der Waals surface area contributed by atoms with Gasteiger partial charge in [0.05, 0.1) is 34.0 Å². The van der Waals surface area contributed by atoms with Crippen LogP contribution in [0.15, 0.2) is 24.3 Å². The molecule has 5 heteroatoms. The second kappa shape index (κ2) is 4.50. The van der Waals surface area contributed by atoms with Crippen LogP contribution in [0.3, 0.4) is 0 Å². The fraction of sp³-hybridized carbons (Fsp3) is 0. The summed E-state index contributed by atoms with van der Waals surface area (Å²) in [7, 11) is 0. The first-order chi connectivity index (χ1) is 5.72. The van der Waals surface area contributed by atoms with Gasteiger partial charge < -0.3 is 1.43 Å². The molecule has 3 nitrogen and oxygen atoms in total. The Kier molecular flexibility index (Phi) is 4.08. The van der Waals surface area contributed by atoms with Gasteiger partial charge in [-0.2, -0.15) is 0 Å². The molecule has 1 aliphatic rings. The number of nitrogens with zero attached hydrogens (tertiary/aromatic N) is 1. The number of imide groups is 1. The molecule has 0 unspecified atom stereocenters. The standard InChI is InChI=1S/C8H4INO2.K.H/c9-10-7(11)5-3-1-2-4-6(5)8(10)12;;/h1-4H;;/q;+1;-1. The molecule has 62 valence electrons. The summed E-state index contributed by atoms with van der Waals surface area (Å²) in [6.45, 7) is 0. The van der Waals surface area contributed by atoms with Gasteiger partial charge in [0.2, 0.25) is 0 Å². The fourth-order valence-corrected chi connectivity index (χ4v) is 1.68. The van der Waals surface area contributed by atoms with E-state index >= 15 is 0 Å². The number of carbonyl (C=O) groups is 2. The first-order valence-electron chi connectivity index (χ1n) is 3.35. The second-order valence-electron chi connectivity index (χ2n) is 2.44. The zero-order chi connectivity index (χ0) is 8.72. The van der Waals surface area contributed by atoms with Crippen LogP contribution in [0.25, 0.3) is 0 Å². The van der Waals surface area contributed by atoms with Crippen LogP contribution >= 0.6 is 22.9 Å². The normalized spacial score (nSPS) is 14.1. The maximum absolute atomic E-state index is 11.3. The first-order valence-corrected chi connectivity index (χ1v) is 4.32. The largest absolute Gasteiger partial charge is 1.00 e. The fourth-order valence-electron chi connectivity index (χ4n) is 1.16. The molecule has 2 rings (SSSR count). The number of hydrogen-bond acceptors (Lipinski definition) is 2. The van der Waals surface area contributed by atoms with Crippen LogP contribution in [0, 0.1) is 0 Å². The number of amides is 2. The van der Waals surface area contributed by atoms with Crippen LogP contribution in [-0.4, -0.2) is 14.9 Å². The van der Waals surface area contributed by atoms with Gasteiger partial charge in [0, 0.05) is 0 Å². The molecular formula is C8H5IKNO2. The van der Waals surface area contributed by atoms with Gasteiger partial charge in [-0.15, -0.1) is 0 Å². The molecule has 0 fully saturated rings. The molecule has 2 amide bonds. The smallest absolute Gasteiger partial charge is 1.00 e. The predicted octanol–water partition coefficient (Wildman–Crippen LogP) is -1.25. The van der Waals surface area contributed by atoms with Gasteiger partial charge in [0.15, 0.2) is 0 Å². The summed E-state index contributed by atoms with van der Waals surface area (Å²) < 4.78 is 1.10. The van der Waals surface area contributed by atoms with Crippen molar-refractivity contribution in [1.82, 2.24) is 3.11 Å². The van der Waals surface area contributed by atoms with Crippen molar-refractivity contribution in [3.05, 3.63) is 35.4 Å². The molecule has 1 heterocycles. The van der Waals surface area contributed by atoms with Crippen molar-refractivity contribution in [1.29, 1.82) is 0 Å². The Balaban J connectivity index is 0.000000845. The van der Waals surface area contributed by atoms with Gasteiger partial charge in [-0.1, -0.05) is 12.1 Å². The summed E-state index contributed by atoms with van der Waals surface area (Å²) in [6.07, 6.45) is 0. The molecule has 0 N–H and O–H groups in total. The Morgan fingerprint density at radius 2 is 1.46 bits per heavy atom. The van der Waals surface area contributed by atoms with E-state index in [4.69, 9.17) is 0 Å². The number of benzene rings is 1. The van der Waals surface area contributed by atoms with Gasteiger partial charge in [0.25, 0.3) is 11.8 Å². The van der Waals surface area contributed by atoms with Crippen molar-refractivity contribution >= 4 is 34.7 Å². The van der Waals surface area contributed by atoms with Crippen LogP contribution in [0.5, 0.6) is 0 Å². The van der Waals surface area contributed by atoms with Crippen molar-refractivity contribution in [2.75, 3.05) is 0 Å². The Bertz CT molecular complexity index is 350. The summed E-state index contributed by atoms with van der Waals surface area (Å²) >= 11 is 1.71. The molecule has 0 aliphatic carbocycles. The minimum Gasteiger partial charge on any atom is -1.00 e. The van der Waals surface area contributed by atoms with Crippen LogP contribution in [-0.2, 0) is 0 Å². The molecule has 0 saturated carbocycles. The first kappa shape index (κ1) is 11.8. The quantitative estimate of drug-likeness (QED) is 0.260. The SMILES string of the molecule is O=C1c2ccccc2C(=O)N1I.[H-].[K+]. The van der Waals surface area contributed by atoms with E-state index in [1.807, 2.05) is 0 Å². The number of fused-ring (bicyclic) bond motifs is 1. The molecule has 0 aromatic heterocycles. The van der Waals surface area contributed by atoms with Crippen LogP contribution in [0.1, 0.15) is 22.1 Å². The topological polar surface area (TPSA) is 37.4 Å². The Labute approximate surface area is 133 Å². The van der Waals surface area contributed by atoms with Crippen LogP contribution in [0.4, 0.5) is 0 Å². The minimum absolute atomic E-state index is 0. The maximum atomic E-state index is 11.3. The molecule has 0 atom stereocenters. The van der Waals surface area contributed by atoms with E-state index in [1.54, 1.807) is 47.1 Å². The van der Waals surface area contributed by atoms with E-state index in [9.17, 15) is 9.59 Å². The summed E-state index contributed by atoms with van der Waals surface area (Å²) in [6, 6.07) is 6.82. The Morgan fingerprint density at radius 1 is 1.08 bits per heavy atom. The molecule has 0 radical (unpaired) electrons. The summed E-state index contributed by atoms with van der Waals surface area (Å²) in [5.41, 5.74) is 0.994. The average Bonchev–Trinajstić information content (AvgIpc) is 2.33. The summed E-state index contributed by atoms with van der Waals surface area (Å²) in [5, 5.41) is 0. The molecule has 1 aromatic carbocycles. The Hall–Kier alpha value is 0.726. The predicted molar refractivity (Wildman–Crippen MR) is 52.1 cm³/mol. The molecule has 0 saturated heterocycles. The van der Waals surface area contributed by atoms with Crippen molar-refractivity contribution in [3.63, 3.8) is 0 Å². The van der Waals surface area contributed by atoms with Crippen molar-refractivity contribution in [2.45, 2.75) is 0 Å². The van der Waals surface area contributed by atoms with Crippen LogP contribution in [0.2, 0.25) is 0 Å². The molecule has 13 heavy (non-hydrogen) atoms. The van der Waals surface area contributed by atoms with Gasteiger partial charge in [-0.25, -0.2) is 3.11 Å². The van der Waals surface area contributed by atoms with Crippen molar-refractivity contribution in [3.8, 4) is 0 Å². The van der Waals surface area contributed by atoms with Crippen molar-refractivity contribution in [2.24, 2.45) is 0 Å². The molecular weight excluding hydrogens is 308 g/mol. The third-order valence-electron chi connectivity index (χ3n) is 1.74. The zero-order valence-electron chi connectivity index (χ0n) is 7.95.